The Morgan fingerprint density at radius 2 is 2.13 bits per heavy atom. The topological polar surface area (TPSA) is 79.3 Å². The number of nitrogens with one attached hydrogen (secondary N) is 2. The number of aromatic amines is 1. The van der Waals surface area contributed by atoms with Gasteiger partial charge in [-0.05, 0) is 17.7 Å². The number of nitrogens with zero attached hydrogens (tertiary/aromatic N) is 2. The number of benzene rings is 1. The lowest BCUT2D eigenvalue weighted by Gasteiger charge is -2.13. The van der Waals surface area contributed by atoms with Crippen LogP contribution in [0.25, 0.3) is 5.65 Å². The number of amides is 1. The normalized spacial score (nSPS) is 11.8. The zero-order chi connectivity index (χ0) is 16.4. The molecule has 0 fully saturated rings. The van der Waals surface area contributed by atoms with Crippen LogP contribution in [0.2, 0.25) is 0 Å². The fourth-order valence-electron chi connectivity index (χ4n) is 2.14. The van der Waals surface area contributed by atoms with Gasteiger partial charge in [0.2, 0.25) is 0 Å². The second kappa shape index (κ2) is 5.77. The molecule has 2 aromatic heterocycles. The minimum absolute atomic E-state index is 0.0380. The van der Waals surface area contributed by atoms with Crippen LogP contribution in [0, 0.1) is 18.2 Å². The van der Waals surface area contributed by atoms with Crippen molar-refractivity contribution in [3.63, 3.8) is 0 Å². The van der Waals surface area contributed by atoms with Crippen molar-refractivity contribution in [1.82, 2.24) is 19.7 Å². The zero-order valence-electron chi connectivity index (χ0n) is 11.8. The molecule has 1 unspecified atom stereocenters. The Morgan fingerprint density at radius 3 is 2.83 bits per heavy atom. The van der Waals surface area contributed by atoms with Crippen LogP contribution < -0.4 is 11.0 Å². The number of fused-ring (bicyclic) bond motifs is 1. The van der Waals surface area contributed by atoms with Crippen LogP contribution in [0.5, 0.6) is 0 Å². The van der Waals surface area contributed by atoms with Crippen LogP contribution in [-0.2, 0) is 0 Å². The third kappa shape index (κ3) is 2.82. The molecule has 1 amide bonds. The standard InChI is InChI=1S/C16H11FN4O2/c1-2-12(10-3-5-11(17)6-4-10)19-15(22)13-9-14-18-7-8-21(14)16(23)20-13/h1,3-9,12H,(H,19,22)(H,20,23). The predicted molar refractivity (Wildman–Crippen MR) is 81.3 cm³/mol. The Kier molecular flexibility index (Phi) is 3.65. The van der Waals surface area contributed by atoms with E-state index in [-0.39, 0.29) is 5.69 Å². The fourth-order valence-corrected chi connectivity index (χ4v) is 2.14. The first-order chi connectivity index (χ1) is 11.1. The number of H-pyrrole nitrogens is 1. The van der Waals surface area contributed by atoms with Crippen molar-refractivity contribution in [3.8, 4) is 12.3 Å². The number of terminal acetylenes is 1. The molecule has 23 heavy (non-hydrogen) atoms. The van der Waals surface area contributed by atoms with Gasteiger partial charge in [-0.1, -0.05) is 18.1 Å². The first-order valence-electron chi connectivity index (χ1n) is 6.67. The van der Waals surface area contributed by atoms with Gasteiger partial charge < -0.3 is 10.3 Å². The highest BCUT2D eigenvalue weighted by Gasteiger charge is 2.15. The van der Waals surface area contributed by atoms with Gasteiger partial charge in [-0.2, -0.15) is 0 Å². The molecule has 0 aliphatic heterocycles. The van der Waals surface area contributed by atoms with Crippen LogP contribution in [0.15, 0.2) is 47.5 Å². The van der Waals surface area contributed by atoms with E-state index in [1.54, 1.807) is 0 Å². The second-order valence-corrected chi connectivity index (χ2v) is 4.77. The summed E-state index contributed by atoms with van der Waals surface area (Å²) >= 11 is 0. The summed E-state index contributed by atoms with van der Waals surface area (Å²) in [6.07, 6.45) is 8.36. The van der Waals surface area contributed by atoms with E-state index in [1.165, 1.54) is 47.1 Å². The highest BCUT2D eigenvalue weighted by atomic mass is 19.1. The predicted octanol–water partition coefficient (Wildman–Crippen LogP) is 1.27. The summed E-state index contributed by atoms with van der Waals surface area (Å²) in [7, 11) is 0. The lowest BCUT2D eigenvalue weighted by Crippen LogP contribution is -2.30. The number of carbonyl (C=O) groups excluding carboxylic acids is 1. The zero-order valence-corrected chi connectivity index (χ0v) is 11.8. The van der Waals surface area contributed by atoms with Crippen molar-refractivity contribution >= 4 is 11.6 Å². The summed E-state index contributed by atoms with van der Waals surface area (Å²) in [6, 6.07) is 6.17. The molecule has 2 N–H and O–H groups in total. The second-order valence-electron chi connectivity index (χ2n) is 4.77. The van der Waals surface area contributed by atoms with E-state index in [4.69, 9.17) is 6.42 Å². The van der Waals surface area contributed by atoms with Gasteiger partial charge in [0.1, 0.15) is 23.2 Å². The molecule has 0 aliphatic rings. The van der Waals surface area contributed by atoms with Crippen molar-refractivity contribution in [2.75, 3.05) is 0 Å². The first-order valence-corrected chi connectivity index (χ1v) is 6.67. The number of rotatable bonds is 3. The molecular weight excluding hydrogens is 299 g/mol. The van der Waals surface area contributed by atoms with E-state index < -0.39 is 23.5 Å². The largest absolute Gasteiger partial charge is 0.333 e. The van der Waals surface area contributed by atoms with Gasteiger partial charge in [-0.25, -0.2) is 14.2 Å². The average Bonchev–Trinajstić information content (AvgIpc) is 3.02. The number of hydrogen-bond donors (Lipinski definition) is 2. The maximum atomic E-state index is 13.0. The number of imidazole rings is 1. The molecule has 7 heteroatoms. The summed E-state index contributed by atoms with van der Waals surface area (Å²) in [6.45, 7) is 0. The quantitative estimate of drug-likeness (QED) is 0.715. The molecule has 0 aliphatic carbocycles. The fraction of sp³-hybridized carbons (Fsp3) is 0.0625. The van der Waals surface area contributed by atoms with E-state index >= 15 is 0 Å². The van der Waals surface area contributed by atoms with E-state index in [2.05, 4.69) is 21.2 Å². The third-order valence-corrected chi connectivity index (χ3v) is 3.29. The summed E-state index contributed by atoms with van der Waals surface area (Å²) in [4.78, 5) is 30.5. The van der Waals surface area contributed by atoms with Crippen LogP contribution >= 0.6 is 0 Å². The lowest BCUT2D eigenvalue weighted by molar-refractivity contribution is 0.0940. The first kappa shape index (κ1) is 14.5. The molecule has 0 radical (unpaired) electrons. The molecule has 0 spiro atoms. The monoisotopic (exact) mass is 310 g/mol. The van der Waals surface area contributed by atoms with Crippen LogP contribution in [-0.4, -0.2) is 20.3 Å². The molecule has 1 atom stereocenters. The maximum Gasteiger partial charge on any atom is 0.331 e. The number of hydrogen-bond acceptors (Lipinski definition) is 3. The number of halogens is 1. The summed E-state index contributed by atoms with van der Waals surface area (Å²) in [5.74, 6) is 1.46. The molecule has 114 valence electrons. The van der Waals surface area contributed by atoms with Crippen LogP contribution in [0.1, 0.15) is 22.1 Å². The Hall–Kier alpha value is -3.40. The molecule has 3 aromatic rings. The minimum atomic E-state index is -0.748. The van der Waals surface area contributed by atoms with E-state index in [0.29, 0.717) is 11.2 Å². The third-order valence-electron chi connectivity index (χ3n) is 3.29. The number of aromatic nitrogens is 3. The Balaban J connectivity index is 1.88. The molecule has 0 bridgehead atoms. The van der Waals surface area contributed by atoms with Crippen molar-refractivity contribution < 1.29 is 9.18 Å². The highest BCUT2D eigenvalue weighted by Crippen LogP contribution is 2.13. The van der Waals surface area contributed by atoms with E-state index in [0.717, 1.165) is 0 Å². The number of carbonyl (C=O) groups is 1. The van der Waals surface area contributed by atoms with Gasteiger partial charge in [0.25, 0.3) is 5.91 Å². The molecule has 2 heterocycles. The van der Waals surface area contributed by atoms with Crippen molar-refractivity contribution in [2.24, 2.45) is 0 Å². The maximum absolute atomic E-state index is 13.0. The van der Waals surface area contributed by atoms with E-state index in [9.17, 15) is 14.0 Å². The van der Waals surface area contributed by atoms with Gasteiger partial charge >= 0.3 is 5.69 Å². The van der Waals surface area contributed by atoms with Gasteiger partial charge in [-0.3, -0.25) is 9.20 Å². The lowest BCUT2D eigenvalue weighted by atomic mass is 10.1. The van der Waals surface area contributed by atoms with Gasteiger partial charge in [-0.15, -0.1) is 6.42 Å². The average molecular weight is 310 g/mol. The Bertz CT molecular complexity index is 966. The van der Waals surface area contributed by atoms with Gasteiger partial charge in [0, 0.05) is 18.5 Å². The molecule has 3 rings (SSSR count). The van der Waals surface area contributed by atoms with E-state index in [1.807, 2.05) is 0 Å². The van der Waals surface area contributed by atoms with Gasteiger partial charge in [0.15, 0.2) is 0 Å². The molecule has 0 saturated carbocycles. The van der Waals surface area contributed by atoms with Crippen molar-refractivity contribution in [2.45, 2.75) is 6.04 Å². The van der Waals surface area contributed by atoms with Crippen molar-refractivity contribution in [3.05, 3.63) is 70.3 Å². The summed E-state index contributed by atoms with van der Waals surface area (Å²) in [5, 5.41) is 2.60. The molecular formula is C16H11FN4O2. The highest BCUT2D eigenvalue weighted by molar-refractivity contribution is 5.93. The Labute approximate surface area is 130 Å². The van der Waals surface area contributed by atoms with Crippen molar-refractivity contribution in [1.29, 1.82) is 0 Å². The van der Waals surface area contributed by atoms with Crippen LogP contribution in [0.3, 0.4) is 0 Å². The molecule has 6 nitrogen and oxygen atoms in total. The van der Waals surface area contributed by atoms with Gasteiger partial charge in [0.05, 0.1) is 0 Å². The smallest absolute Gasteiger partial charge is 0.331 e. The Morgan fingerprint density at radius 1 is 1.39 bits per heavy atom. The SMILES string of the molecule is C#CC(NC(=O)c1cc2nccn2c(=O)[nH]1)c1ccc(F)cc1. The summed E-state index contributed by atoms with van der Waals surface area (Å²) in [5.41, 5.74) is 0.463. The van der Waals surface area contributed by atoms with Crippen LogP contribution in [0.4, 0.5) is 4.39 Å². The summed E-state index contributed by atoms with van der Waals surface area (Å²) < 4.78 is 14.2. The molecule has 1 aromatic carbocycles. The molecule has 0 saturated heterocycles. The minimum Gasteiger partial charge on any atom is -0.333 e.